The predicted octanol–water partition coefficient (Wildman–Crippen LogP) is 3.91. The van der Waals surface area contributed by atoms with Crippen molar-refractivity contribution >= 4 is 6.09 Å². The standard InChI is InChI=1S/C20H27NO3/c1-3-24-15-8-7-14-12-18-16-6-4-5-9-20(16,17(14)13-15)10-11-21(18)19(22)23-2/h7-8,13,16,18H,3-6,9-12H2,1-2H3/t16-,18+,20+/m1/s1. The number of hydrogen-bond donors (Lipinski definition) is 0. The van der Waals surface area contributed by atoms with Crippen LogP contribution in [-0.2, 0) is 16.6 Å². The van der Waals surface area contributed by atoms with E-state index in [4.69, 9.17) is 9.47 Å². The molecule has 4 heteroatoms. The number of piperidine rings is 1. The number of carbonyl (C=O) groups is 1. The Balaban J connectivity index is 1.79. The monoisotopic (exact) mass is 329 g/mol. The number of ether oxygens (including phenoxy) is 2. The fraction of sp³-hybridized carbons (Fsp3) is 0.650. The SMILES string of the molecule is CCOc1ccc2c(c1)[C@]13CCCC[C@@H]1[C@H](C2)N(C(=O)OC)CC3. The van der Waals surface area contributed by atoms with Gasteiger partial charge in [0.15, 0.2) is 0 Å². The minimum Gasteiger partial charge on any atom is -0.494 e. The zero-order chi connectivity index (χ0) is 16.7. The summed E-state index contributed by atoms with van der Waals surface area (Å²) < 4.78 is 10.8. The third kappa shape index (κ3) is 2.22. The van der Waals surface area contributed by atoms with E-state index in [1.165, 1.54) is 43.9 Å². The van der Waals surface area contributed by atoms with Crippen LogP contribution in [0.15, 0.2) is 18.2 Å². The van der Waals surface area contributed by atoms with Crippen molar-refractivity contribution in [3.63, 3.8) is 0 Å². The van der Waals surface area contributed by atoms with Gasteiger partial charge in [0.1, 0.15) is 5.75 Å². The number of nitrogens with zero attached hydrogens (tertiary/aromatic N) is 1. The van der Waals surface area contributed by atoms with Crippen molar-refractivity contribution in [3.8, 4) is 5.75 Å². The summed E-state index contributed by atoms with van der Waals surface area (Å²) in [6, 6.07) is 6.89. The molecule has 130 valence electrons. The number of benzene rings is 1. The Morgan fingerprint density at radius 2 is 2.21 bits per heavy atom. The Bertz CT molecular complexity index is 644. The highest BCUT2D eigenvalue weighted by Gasteiger charge is 2.55. The first-order chi connectivity index (χ1) is 11.7. The smallest absolute Gasteiger partial charge is 0.409 e. The van der Waals surface area contributed by atoms with E-state index in [1.807, 2.05) is 11.8 Å². The molecule has 3 atom stereocenters. The van der Waals surface area contributed by atoms with Crippen LogP contribution < -0.4 is 4.74 Å². The van der Waals surface area contributed by atoms with Crippen LogP contribution in [0.25, 0.3) is 0 Å². The highest BCUT2D eigenvalue weighted by molar-refractivity contribution is 5.68. The topological polar surface area (TPSA) is 38.8 Å². The third-order valence-corrected chi connectivity index (χ3v) is 6.53. The van der Waals surface area contributed by atoms with Crippen molar-refractivity contribution in [2.45, 2.75) is 56.9 Å². The van der Waals surface area contributed by atoms with Gasteiger partial charge in [0.2, 0.25) is 0 Å². The molecule has 1 aromatic rings. The maximum atomic E-state index is 12.3. The Labute approximate surface area is 144 Å². The van der Waals surface area contributed by atoms with Crippen molar-refractivity contribution < 1.29 is 14.3 Å². The molecule has 1 aromatic carbocycles. The first kappa shape index (κ1) is 15.8. The molecule has 0 aromatic heterocycles. The first-order valence-corrected chi connectivity index (χ1v) is 9.30. The fourth-order valence-corrected chi connectivity index (χ4v) is 5.58. The van der Waals surface area contributed by atoms with Crippen LogP contribution in [0.5, 0.6) is 5.75 Å². The second kappa shape index (κ2) is 5.98. The Morgan fingerprint density at radius 1 is 1.33 bits per heavy atom. The van der Waals surface area contributed by atoms with Crippen LogP contribution in [0.4, 0.5) is 4.79 Å². The molecule has 4 rings (SSSR count). The quantitative estimate of drug-likeness (QED) is 0.826. The van der Waals surface area contributed by atoms with Gasteiger partial charge < -0.3 is 14.4 Å². The lowest BCUT2D eigenvalue weighted by Gasteiger charge is -2.58. The van der Waals surface area contributed by atoms with Crippen molar-refractivity contribution in [2.24, 2.45) is 5.92 Å². The minimum absolute atomic E-state index is 0.159. The van der Waals surface area contributed by atoms with Gasteiger partial charge in [0.05, 0.1) is 13.7 Å². The maximum absolute atomic E-state index is 12.3. The number of methoxy groups -OCH3 is 1. The zero-order valence-corrected chi connectivity index (χ0v) is 14.7. The Hall–Kier alpha value is -1.71. The van der Waals surface area contributed by atoms with Gasteiger partial charge in [-0.2, -0.15) is 0 Å². The summed E-state index contributed by atoms with van der Waals surface area (Å²) in [5.41, 5.74) is 3.13. The number of carbonyl (C=O) groups excluding carboxylic acids is 1. The number of likely N-dealkylation sites (tertiary alicyclic amines) is 1. The minimum atomic E-state index is -0.159. The Morgan fingerprint density at radius 3 is 3.00 bits per heavy atom. The summed E-state index contributed by atoms with van der Waals surface area (Å²) in [5.74, 6) is 1.55. The largest absolute Gasteiger partial charge is 0.494 e. The van der Waals surface area contributed by atoms with Crippen LogP contribution in [0.2, 0.25) is 0 Å². The molecule has 2 fully saturated rings. The highest BCUT2D eigenvalue weighted by atomic mass is 16.5. The van der Waals surface area contributed by atoms with Crippen LogP contribution in [0, 0.1) is 5.92 Å². The van der Waals surface area contributed by atoms with Crippen molar-refractivity contribution in [1.82, 2.24) is 4.90 Å². The van der Waals surface area contributed by atoms with E-state index >= 15 is 0 Å². The average molecular weight is 329 g/mol. The molecule has 4 nitrogen and oxygen atoms in total. The number of hydrogen-bond acceptors (Lipinski definition) is 3. The second-order valence-corrected chi connectivity index (χ2v) is 7.45. The van der Waals surface area contributed by atoms with E-state index in [2.05, 4.69) is 18.2 Å². The van der Waals surface area contributed by atoms with Crippen molar-refractivity contribution in [3.05, 3.63) is 29.3 Å². The van der Waals surface area contributed by atoms with Crippen molar-refractivity contribution in [1.29, 1.82) is 0 Å². The summed E-state index contributed by atoms with van der Waals surface area (Å²) in [7, 11) is 1.50. The van der Waals surface area contributed by atoms with Gasteiger partial charge in [-0.05, 0) is 61.8 Å². The summed E-state index contributed by atoms with van der Waals surface area (Å²) in [5, 5.41) is 0. The van der Waals surface area contributed by atoms with Gasteiger partial charge in [0.25, 0.3) is 0 Å². The lowest BCUT2D eigenvalue weighted by Crippen LogP contribution is -2.62. The Kier molecular flexibility index (Phi) is 3.93. The molecule has 2 bridgehead atoms. The molecule has 0 N–H and O–H groups in total. The molecule has 1 aliphatic heterocycles. The molecular formula is C20H27NO3. The molecule has 24 heavy (non-hydrogen) atoms. The number of amides is 1. The molecule has 2 aliphatic carbocycles. The van der Waals surface area contributed by atoms with Crippen LogP contribution >= 0.6 is 0 Å². The molecule has 3 aliphatic rings. The lowest BCUT2D eigenvalue weighted by atomic mass is 9.52. The van der Waals surface area contributed by atoms with Gasteiger partial charge in [0, 0.05) is 18.0 Å². The normalized spacial score (nSPS) is 31.0. The molecule has 1 heterocycles. The molecule has 0 unspecified atom stereocenters. The van der Waals surface area contributed by atoms with Crippen LogP contribution in [0.3, 0.4) is 0 Å². The molecule has 1 amide bonds. The summed E-state index contributed by atoms with van der Waals surface area (Å²) in [6.45, 7) is 3.55. The molecule has 0 radical (unpaired) electrons. The van der Waals surface area contributed by atoms with Gasteiger partial charge >= 0.3 is 6.09 Å². The summed E-state index contributed by atoms with van der Waals surface area (Å²) in [6.07, 6.45) is 6.86. The highest BCUT2D eigenvalue weighted by Crippen LogP contribution is 2.56. The maximum Gasteiger partial charge on any atom is 0.409 e. The zero-order valence-electron chi connectivity index (χ0n) is 14.7. The van der Waals surface area contributed by atoms with Crippen molar-refractivity contribution in [2.75, 3.05) is 20.3 Å². The second-order valence-electron chi connectivity index (χ2n) is 7.45. The van der Waals surface area contributed by atoms with Gasteiger partial charge in [-0.3, -0.25) is 0 Å². The summed E-state index contributed by atoms with van der Waals surface area (Å²) >= 11 is 0. The van der Waals surface area contributed by atoms with Gasteiger partial charge in [-0.1, -0.05) is 18.9 Å². The van der Waals surface area contributed by atoms with Gasteiger partial charge in [-0.15, -0.1) is 0 Å². The third-order valence-electron chi connectivity index (χ3n) is 6.53. The lowest BCUT2D eigenvalue weighted by molar-refractivity contribution is -0.00740. The van der Waals surface area contributed by atoms with Crippen LogP contribution in [-0.4, -0.2) is 37.3 Å². The van der Waals surface area contributed by atoms with E-state index in [9.17, 15) is 4.79 Å². The van der Waals surface area contributed by atoms with Crippen LogP contribution in [0.1, 0.15) is 50.2 Å². The summed E-state index contributed by atoms with van der Waals surface area (Å²) in [4.78, 5) is 14.3. The average Bonchev–Trinajstić information content (AvgIpc) is 2.62. The molecular weight excluding hydrogens is 302 g/mol. The van der Waals surface area contributed by atoms with E-state index in [-0.39, 0.29) is 17.6 Å². The van der Waals surface area contributed by atoms with E-state index in [1.54, 1.807) is 0 Å². The molecule has 0 spiro atoms. The van der Waals surface area contributed by atoms with E-state index in [0.29, 0.717) is 12.5 Å². The number of rotatable bonds is 2. The fourth-order valence-electron chi connectivity index (χ4n) is 5.58. The predicted molar refractivity (Wildman–Crippen MR) is 92.5 cm³/mol. The first-order valence-electron chi connectivity index (χ1n) is 9.30. The number of fused-ring (bicyclic) bond motifs is 1. The molecule has 1 saturated carbocycles. The van der Waals surface area contributed by atoms with Gasteiger partial charge in [-0.25, -0.2) is 4.79 Å². The molecule has 1 saturated heterocycles. The van der Waals surface area contributed by atoms with E-state index < -0.39 is 0 Å². The van der Waals surface area contributed by atoms with E-state index in [0.717, 1.165) is 25.1 Å².